The molecule has 2 fully saturated rings. The molecular formula is C23H32N4O3S. The fraction of sp³-hybridized carbons (Fsp3) is 0.565. The summed E-state index contributed by atoms with van der Waals surface area (Å²) < 4.78 is 30.3. The Morgan fingerprint density at radius 2 is 1.58 bits per heavy atom. The summed E-state index contributed by atoms with van der Waals surface area (Å²) in [5.74, 6) is 0.0975. The smallest absolute Gasteiger partial charge is 0.243 e. The van der Waals surface area contributed by atoms with E-state index in [-0.39, 0.29) is 11.8 Å². The van der Waals surface area contributed by atoms with E-state index in [1.165, 1.54) is 0 Å². The SMILES string of the molecule is Cc1cc(C)c(S(=O)(=O)N2CCC(C(=O)N3CCC(n4ccnc4)CC3)CC2)c(C)c1. The third-order valence-electron chi connectivity index (χ3n) is 6.73. The third kappa shape index (κ3) is 4.41. The summed E-state index contributed by atoms with van der Waals surface area (Å²) in [6, 6.07) is 4.24. The average Bonchev–Trinajstić information content (AvgIpc) is 3.27. The summed E-state index contributed by atoms with van der Waals surface area (Å²) in [6.07, 6.45) is 8.65. The van der Waals surface area contributed by atoms with E-state index in [1.54, 1.807) is 10.5 Å². The van der Waals surface area contributed by atoms with Crippen molar-refractivity contribution >= 4 is 15.9 Å². The normalized spacial score (nSPS) is 19.6. The largest absolute Gasteiger partial charge is 0.342 e. The molecule has 0 unspecified atom stereocenters. The molecule has 8 heteroatoms. The fourth-order valence-corrected chi connectivity index (χ4v) is 7.06. The van der Waals surface area contributed by atoms with E-state index in [0.717, 1.165) is 42.6 Å². The number of aromatic nitrogens is 2. The number of nitrogens with zero attached hydrogens (tertiary/aromatic N) is 4. The van der Waals surface area contributed by atoms with E-state index in [0.29, 0.717) is 36.9 Å². The van der Waals surface area contributed by atoms with Crippen LogP contribution >= 0.6 is 0 Å². The van der Waals surface area contributed by atoms with E-state index in [2.05, 4.69) is 9.55 Å². The summed E-state index contributed by atoms with van der Waals surface area (Å²) in [7, 11) is -3.55. The van der Waals surface area contributed by atoms with Crippen molar-refractivity contribution in [2.75, 3.05) is 26.2 Å². The fourth-order valence-electron chi connectivity index (χ4n) is 5.17. The molecule has 0 N–H and O–H groups in total. The van der Waals surface area contributed by atoms with E-state index < -0.39 is 10.0 Å². The topological polar surface area (TPSA) is 75.5 Å². The Labute approximate surface area is 185 Å². The van der Waals surface area contributed by atoms with E-state index in [4.69, 9.17) is 0 Å². The molecule has 7 nitrogen and oxygen atoms in total. The average molecular weight is 445 g/mol. The third-order valence-corrected chi connectivity index (χ3v) is 8.93. The molecule has 2 aliphatic rings. The first-order valence-electron chi connectivity index (χ1n) is 11.1. The van der Waals surface area contributed by atoms with Crippen LogP contribution in [0, 0.1) is 26.7 Å². The zero-order valence-corrected chi connectivity index (χ0v) is 19.4. The predicted molar refractivity (Wildman–Crippen MR) is 119 cm³/mol. The molecule has 31 heavy (non-hydrogen) atoms. The van der Waals surface area contributed by atoms with Gasteiger partial charge >= 0.3 is 0 Å². The molecule has 1 aromatic carbocycles. The zero-order valence-electron chi connectivity index (χ0n) is 18.6. The number of benzene rings is 1. The molecule has 0 radical (unpaired) electrons. The summed E-state index contributed by atoms with van der Waals surface area (Å²) in [5, 5.41) is 0. The monoisotopic (exact) mass is 444 g/mol. The molecule has 0 aliphatic carbocycles. The van der Waals surface area contributed by atoms with Crippen LogP contribution in [-0.4, -0.2) is 59.3 Å². The number of sulfonamides is 1. The van der Waals surface area contributed by atoms with Crippen LogP contribution in [0.1, 0.15) is 48.4 Å². The lowest BCUT2D eigenvalue weighted by Gasteiger charge is -2.37. The van der Waals surface area contributed by atoms with Crippen molar-refractivity contribution in [2.24, 2.45) is 5.92 Å². The Bertz CT molecular complexity index is 1010. The Balaban J connectivity index is 1.36. The van der Waals surface area contributed by atoms with Gasteiger partial charge in [-0.25, -0.2) is 13.4 Å². The second-order valence-corrected chi connectivity index (χ2v) is 10.8. The van der Waals surface area contributed by atoms with Gasteiger partial charge in [-0.1, -0.05) is 17.7 Å². The minimum absolute atomic E-state index is 0.0866. The first kappa shape index (κ1) is 22.0. The summed E-state index contributed by atoms with van der Waals surface area (Å²) in [6.45, 7) is 8.00. The minimum atomic E-state index is -3.55. The van der Waals surface area contributed by atoms with Crippen LogP contribution in [-0.2, 0) is 14.8 Å². The van der Waals surface area contributed by atoms with Gasteiger partial charge in [0.15, 0.2) is 0 Å². The highest BCUT2D eigenvalue weighted by Gasteiger charge is 2.36. The number of carbonyl (C=O) groups excluding carboxylic acids is 1. The van der Waals surface area contributed by atoms with E-state index >= 15 is 0 Å². The highest BCUT2D eigenvalue weighted by Crippen LogP contribution is 2.30. The molecule has 2 aliphatic heterocycles. The van der Waals surface area contributed by atoms with Crippen LogP contribution < -0.4 is 0 Å². The Hall–Kier alpha value is -2.19. The van der Waals surface area contributed by atoms with Crippen molar-refractivity contribution in [1.82, 2.24) is 18.8 Å². The molecule has 3 heterocycles. The Kier molecular flexibility index (Phi) is 6.21. The Morgan fingerprint density at radius 3 is 2.13 bits per heavy atom. The first-order chi connectivity index (χ1) is 14.8. The van der Waals surface area contributed by atoms with Crippen molar-refractivity contribution in [3.63, 3.8) is 0 Å². The van der Waals surface area contributed by atoms with Crippen molar-refractivity contribution in [3.05, 3.63) is 47.5 Å². The van der Waals surface area contributed by atoms with Gasteiger partial charge < -0.3 is 9.47 Å². The number of amides is 1. The number of hydrogen-bond acceptors (Lipinski definition) is 4. The lowest BCUT2D eigenvalue weighted by molar-refractivity contribution is -0.138. The molecule has 0 bridgehead atoms. The number of piperidine rings is 2. The molecule has 168 valence electrons. The maximum Gasteiger partial charge on any atom is 0.243 e. The quantitative estimate of drug-likeness (QED) is 0.726. The molecule has 0 spiro atoms. The molecular weight excluding hydrogens is 412 g/mol. The summed E-state index contributed by atoms with van der Waals surface area (Å²) in [4.78, 5) is 19.6. The van der Waals surface area contributed by atoms with Crippen molar-refractivity contribution in [2.45, 2.75) is 57.4 Å². The maximum absolute atomic E-state index is 13.3. The molecule has 1 amide bonds. The van der Waals surface area contributed by atoms with Crippen LogP contribution in [0.5, 0.6) is 0 Å². The lowest BCUT2D eigenvalue weighted by atomic mass is 9.95. The number of hydrogen-bond donors (Lipinski definition) is 0. The number of carbonyl (C=O) groups is 1. The van der Waals surface area contributed by atoms with Gasteiger partial charge in [0.2, 0.25) is 15.9 Å². The maximum atomic E-state index is 13.3. The van der Waals surface area contributed by atoms with E-state index in [1.807, 2.05) is 50.3 Å². The van der Waals surface area contributed by atoms with Crippen molar-refractivity contribution in [1.29, 1.82) is 0 Å². The second-order valence-electron chi connectivity index (χ2n) is 8.97. The zero-order chi connectivity index (χ0) is 22.2. The molecule has 1 aromatic heterocycles. The highest BCUT2D eigenvalue weighted by atomic mass is 32.2. The highest BCUT2D eigenvalue weighted by molar-refractivity contribution is 7.89. The van der Waals surface area contributed by atoms with Crippen LogP contribution in [0.4, 0.5) is 0 Å². The van der Waals surface area contributed by atoms with Gasteiger partial charge in [-0.3, -0.25) is 4.79 Å². The Morgan fingerprint density at radius 1 is 0.968 bits per heavy atom. The van der Waals surface area contributed by atoms with Crippen molar-refractivity contribution in [3.8, 4) is 0 Å². The van der Waals surface area contributed by atoms with Crippen LogP contribution in [0.25, 0.3) is 0 Å². The number of likely N-dealkylation sites (tertiary alicyclic amines) is 1. The molecule has 0 atom stereocenters. The predicted octanol–water partition coefficient (Wildman–Crippen LogP) is 3.07. The summed E-state index contributed by atoms with van der Waals surface area (Å²) in [5.41, 5.74) is 2.64. The van der Waals surface area contributed by atoms with Gasteiger partial charge in [0, 0.05) is 50.5 Å². The van der Waals surface area contributed by atoms with Gasteiger partial charge in [0.25, 0.3) is 0 Å². The number of imidazole rings is 1. The number of aryl methyl sites for hydroxylation is 3. The van der Waals surface area contributed by atoms with Crippen molar-refractivity contribution < 1.29 is 13.2 Å². The van der Waals surface area contributed by atoms with Gasteiger partial charge in [-0.2, -0.15) is 4.31 Å². The second kappa shape index (κ2) is 8.74. The van der Waals surface area contributed by atoms with Gasteiger partial charge in [0.05, 0.1) is 11.2 Å². The van der Waals surface area contributed by atoms with Crippen LogP contribution in [0.3, 0.4) is 0 Å². The molecule has 0 saturated carbocycles. The minimum Gasteiger partial charge on any atom is -0.342 e. The van der Waals surface area contributed by atoms with E-state index in [9.17, 15) is 13.2 Å². The standard InChI is InChI=1S/C23H32N4O3S/c1-17-14-18(2)22(19(3)15-17)31(29,30)27-11-4-20(5-12-27)23(28)25-9-6-21(7-10-25)26-13-8-24-16-26/h8,13-16,20-21H,4-7,9-12H2,1-3H3. The van der Waals surface area contributed by atoms with Crippen LogP contribution in [0.2, 0.25) is 0 Å². The van der Waals surface area contributed by atoms with Gasteiger partial charge in [-0.15, -0.1) is 0 Å². The number of rotatable bonds is 4. The summed E-state index contributed by atoms with van der Waals surface area (Å²) >= 11 is 0. The van der Waals surface area contributed by atoms with Gasteiger partial charge in [0.1, 0.15) is 0 Å². The first-order valence-corrected chi connectivity index (χ1v) is 12.6. The van der Waals surface area contributed by atoms with Crippen LogP contribution in [0.15, 0.2) is 35.7 Å². The molecule has 2 saturated heterocycles. The molecule has 4 rings (SSSR count). The lowest BCUT2D eigenvalue weighted by Crippen LogP contribution is -2.46. The molecule has 2 aromatic rings. The van der Waals surface area contributed by atoms with Gasteiger partial charge in [-0.05, 0) is 57.6 Å².